The van der Waals surface area contributed by atoms with E-state index in [1.54, 1.807) is 10.9 Å². The molecule has 0 atom stereocenters. The number of nitro groups is 1. The van der Waals surface area contributed by atoms with E-state index in [1.807, 2.05) is 20.8 Å². The molecule has 9 heteroatoms. The van der Waals surface area contributed by atoms with Crippen molar-refractivity contribution in [2.75, 3.05) is 4.72 Å². The number of hydrogen-bond acceptors (Lipinski definition) is 5. The van der Waals surface area contributed by atoms with Crippen molar-refractivity contribution in [1.29, 1.82) is 0 Å². The van der Waals surface area contributed by atoms with Crippen molar-refractivity contribution in [3.05, 3.63) is 46.3 Å². The zero-order chi connectivity index (χ0) is 17.4. The number of aromatic nitrogens is 2. The van der Waals surface area contributed by atoms with Crippen LogP contribution in [-0.4, -0.2) is 23.1 Å². The maximum atomic E-state index is 12.4. The van der Waals surface area contributed by atoms with Crippen LogP contribution < -0.4 is 4.72 Å². The van der Waals surface area contributed by atoms with Crippen molar-refractivity contribution >= 4 is 21.4 Å². The smallest absolute Gasteiger partial charge is 0.269 e. The Hall–Kier alpha value is -2.42. The molecule has 124 valence electrons. The molecule has 0 amide bonds. The molecule has 2 aromatic rings. The molecule has 0 unspecified atom stereocenters. The highest BCUT2D eigenvalue weighted by molar-refractivity contribution is 7.92. The summed E-state index contributed by atoms with van der Waals surface area (Å²) in [5, 5.41) is 14.9. The van der Waals surface area contributed by atoms with Crippen molar-refractivity contribution in [2.24, 2.45) is 0 Å². The zero-order valence-electron chi connectivity index (χ0n) is 13.3. The van der Waals surface area contributed by atoms with Crippen molar-refractivity contribution in [2.45, 2.75) is 38.1 Å². The summed E-state index contributed by atoms with van der Waals surface area (Å²) < 4.78 is 29.0. The Morgan fingerprint density at radius 2 is 1.96 bits per heavy atom. The fourth-order valence-corrected chi connectivity index (χ4v) is 3.26. The van der Waals surface area contributed by atoms with Crippen LogP contribution in [0, 0.1) is 17.0 Å². The zero-order valence-corrected chi connectivity index (χ0v) is 14.1. The van der Waals surface area contributed by atoms with Crippen molar-refractivity contribution in [1.82, 2.24) is 9.78 Å². The van der Waals surface area contributed by atoms with Gasteiger partial charge in [0.15, 0.2) is 0 Å². The van der Waals surface area contributed by atoms with Gasteiger partial charge in [-0.25, -0.2) is 8.42 Å². The third-order valence-electron chi connectivity index (χ3n) is 3.18. The highest BCUT2D eigenvalue weighted by Crippen LogP contribution is 2.24. The van der Waals surface area contributed by atoms with Gasteiger partial charge in [-0.05, 0) is 39.3 Å². The normalized spacial score (nSPS) is 12.2. The minimum absolute atomic E-state index is 0.00777. The summed E-state index contributed by atoms with van der Waals surface area (Å²) in [4.78, 5) is 10.2. The third-order valence-corrected chi connectivity index (χ3v) is 4.72. The van der Waals surface area contributed by atoms with Gasteiger partial charge in [-0.2, -0.15) is 5.10 Å². The molecule has 0 bridgehead atoms. The maximum Gasteiger partial charge on any atom is 0.269 e. The molecule has 0 spiro atoms. The SMILES string of the molecule is Cc1cc([N+](=O)[O-])ccc1S(=O)(=O)Nc1cnn(C(C)(C)C)c1. The number of aryl methyl sites for hydroxylation is 1. The Morgan fingerprint density at radius 1 is 1.30 bits per heavy atom. The molecule has 0 aliphatic heterocycles. The molecule has 1 N–H and O–H groups in total. The molecule has 0 aliphatic carbocycles. The number of rotatable bonds is 4. The van der Waals surface area contributed by atoms with E-state index in [2.05, 4.69) is 9.82 Å². The summed E-state index contributed by atoms with van der Waals surface area (Å²) in [6.45, 7) is 7.34. The van der Waals surface area contributed by atoms with Gasteiger partial charge in [0.1, 0.15) is 0 Å². The first kappa shape index (κ1) is 16.9. The van der Waals surface area contributed by atoms with Gasteiger partial charge in [-0.15, -0.1) is 0 Å². The van der Waals surface area contributed by atoms with Gasteiger partial charge in [0.05, 0.1) is 27.2 Å². The molecule has 0 radical (unpaired) electrons. The average molecular weight is 338 g/mol. The van der Waals surface area contributed by atoms with Crippen LogP contribution in [0.25, 0.3) is 0 Å². The monoisotopic (exact) mass is 338 g/mol. The number of sulfonamides is 1. The first-order chi connectivity index (χ1) is 10.5. The van der Waals surface area contributed by atoms with Crippen LogP contribution >= 0.6 is 0 Å². The van der Waals surface area contributed by atoms with Crippen LogP contribution in [0.1, 0.15) is 26.3 Å². The first-order valence-corrected chi connectivity index (χ1v) is 8.32. The van der Waals surface area contributed by atoms with Gasteiger partial charge in [0, 0.05) is 18.3 Å². The standard InChI is InChI=1S/C14H18N4O4S/c1-10-7-12(18(19)20)5-6-13(10)23(21,22)16-11-8-15-17(9-11)14(2,3)4/h5-9,16H,1-4H3. The number of hydrogen-bond donors (Lipinski definition) is 1. The molecular weight excluding hydrogens is 320 g/mol. The molecule has 1 aromatic carbocycles. The quantitative estimate of drug-likeness (QED) is 0.681. The highest BCUT2D eigenvalue weighted by atomic mass is 32.2. The molecule has 0 fully saturated rings. The van der Waals surface area contributed by atoms with Crippen molar-refractivity contribution < 1.29 is 13.3 Å². The molecule has 2 rings (SSSR count). The molecule has 0 saturated heterocycles. The van der Waals surface area contributed by atoms with Gasteiger partial charge in [-0.3, -0.25) is 19.5 Å². The number of anilines is 1. The predicted molar refractivity (Wildman–Crippen MR) is 85.9 cm³/mol. The van der Waals surface area contributed by atoms with E-state index in [9.17, 15) is 18.5 Å². The van der Waals surface area contributed by atoms with Crippen LogP contribution in [-0.2, 0) is 15.6 Å². The average Bonchev–Trinajstić information content (AvgIpc) is 2.85. The number of nitrogens with one attached hydrogen (secondary N) is 1. The lowest BCUT2D eigenvalue weighted by Gasteiger charge is -2.18. The number of non-ortho nitro benzene ring substituents is 1. The second-order valence-corrected chi connectivity index (χ2v) is 7.81. The summed E-state index contributed by atoms with van der Waals surface area (Å²) in [5.41, 5.74) is 0.210. The molecule has 23 heavy (non-hydrogen) atoms. The lowest BCUT2D eigenvalue weighted by molar-refractivity contribution is -0.385. The Kier molecular flexibility index (Phi) is 4.16. The molecule has 8 nitrogen and oxygen atoms in total. The Morgan fingerprint density at radius 3 is 2.43 bits per heavy atom. The van der Waals surface area contributed by atoms with E-state index >= 15 is 0 Å². The van der Waals surface area contributed by atoms with Crippen molar-refractivity contribution in [3.63, 3.8) is 0 Å². The number of benzene rings is 1. The van der Waals surface area contributed by atoms with E-state index in [0.29, 0.717) is 11.3 Å². The summed E-state index contributed by atoms with van der Waals surface area (Å²) in [7, 11) is -3.84. The number of nitrogens with zero attached hydrogens (tertiary/aromatic N) is 3. The molecule has 1 heterocycles. The van der Waals surface area contributed by atoms with E-state index < -0.39 is 14.9 Å². The molecule has 0 saturated carbocycles. The van der Waals surface area contributed by atoms with E-state index in [1.165, 1.54) is 31.3 Å². The van der Waals surface area contributed by atoms with E-state index in [-0.39, 0.29) is 16.1 Å². The van der Waals surface area contributed by atoms with Gasteiger partial charge in [0.2, 0.25) is 0 Å². The summed E-state index contributed by atoms with van der Waals surface area (Å²) >= 11 is 0. The summed E-state index contributed by atoms with van der Waals surface area (Å²) in [6, 6.07) is 3.62. The predicted octanol–water partition coefficient (Wildman–Crippen LogP) is 2.66. The van der Waals surface area contributed by atoms with E-state index in [0.717, 1.165) is 0 Å². The maximum absolute atomic E-state index is 12.4. The van der Waals surface area contributed by atoms with E-state index in [4.69, 9.17) is 0 Å². The Bertz CT molecular complexity index is 850. The van der Waals surface area contributed by atoms with Crippen LogP contribution in [0.4, 0.5) is 11.4 Å². The lowest BCUT2D eigenvalue weighted by Crippen LogP contribution is -2.22. The van der Waals surface area contributed by atoms with Crippen LogP contribution in [0.2, 0.25) is 0 Å². The number of nitro benzene ring substituents is 1. The minimum Gasteiger partial charge on any atom is -0.276 e. The minimum atomic E-state index is -3.84. The summed E-state index contributed by atoms with van der Waals surface area (Å²) in [5.74, 6) is 0. The third kappa shape index (κ3) is 3.67. The lowest BCUT2D eigenvalue weighted by atomic mass is 10.1. The largest absolute Gasteiger partial charge is 0.276 e. The molecular formula is C14H18N4O4S. The van der Waals surface area contributed by atoms with Crippen LogP contribution in [0.5, 0.6) is 0 Å². The van der Waals surface area contributed by atoms with Crippen molar-refractivity contribution in [3.8, 4) is 0 Å². The fourth-order valence-electron chi connectivity index (χ4n) is 2.00. The molecule has 1 aromatic heterocycles. The molecule has 0 aliphatic rings. The van der Waals surface area contributed by atoms with Crippen LogP contribution in [0.15, 0.2) is 35.5 Å². The Balaban J connectivity index is 2.32. The highest BCUT2D eigenvalue weighted by Gasteiger charge is 2.21. The van der Waals surface area contributed by atoms with Gasteiger partial charge < -0.3 is 0 Å². The second-order valence-electron chi connectivity index (χ2n) is 6.16. The fraction of sp³-hybridized carbons (Fsp3) is 0.357. The van der Waals surface area contributed by atoms with Crippen LogP contribution in [0.3, 0.4) is 0 Å². The Labute approximate surface area is 134 Å². The van der Waals surface area contributed by atoms with Gasteiger partial charge in [0.25, 0.3) is 15.7 Å². The second kappa shape index (κ2) is 5.65. The first-order valence-electron chi connectivity index (χ1n) is 6.84. The summed E-state index contributed by atoms with van der Waals surface area (Å²) in [6.07, 6.45) is 3.02. The van der Waals surface area contributed by atoms with Gasteiger partial charge in [-0.1, -0.05) is 0 Å². The van der Waals surface area contributed by atoms with Gasteiger partial charge >= 0.3 is 0 Å². The topological polar surface area (TPSA) is 107 Å².